The molecule has 0 aliphatic heterocycles. The Balaban J connectivity index is 4.99. The third kappa shape index (κ3) is 4.38. The summed E-state index contributed by atoms with van der Waals surface area (Å²) in [6.45, 7) is 8.19. The summed E-state index contributed by atoms with van der Waals surface area (Å²) < 4.78 is 0. The predicted octanol–water partition coefficient (Wildman–Crippen LogP) is 1.17. The molecule has 1 N–H and O–H groups in total. The largest absolute Gasteiger partial charge is 0.480 e. The Hall–Kier alpha value is -1.30. The quantitative estimate of drug-likeness (QED) is 0.789. The molecule has 0 aromatic rings. The summed E-state index contributed by atoms with van der Waals surface area (Å²) in [7, 11) is 5.42. The predicted molar refractivity (Wildman–Crippen MR) is 75.3 cm³/mol. The topological polar surface area (TPSA) is 64.1 Å². The summed E-state index contributed by atoms with van der Waals surface area (Å²) in [5.74, 6) is -1.01. The van der Waals surface area contributed by atoms with Gasteiger partial charge in [-0.15, -0.1) is 0 Å². The van der Waals surface area contributed by atoms with Gasteiger partial charge in [-0.2, -0.15) is 0 Å². The summed E-state index contributed by atoms with van der Waals surface area (Å²) in [5.41, 5.74) is -1.22. The number of hydrogen-bond acceptors (Lipinski definition) is 3. The molecule has 2 amide bonds. The Morgan fingerprint density at radius 1 is 1.21 bits per heavy atom. The van der Waals surface area contributed by atoms with Crippen molar-refractivity contribution < 1.29 is 14.7 Å². The minimum Gasteiger partial charge on any atom is -0.480 e. The van der Waals surface area contributed by atoms with Crippen molar-refractivity contribution in [2.45, 2.75) is 39.3 Å². The van der Waals surface area contributed by atoms with Gasteiger partial charge in [0.1, 0.15) is 5.54 Å². The van der Waals surface area contributed by atoms with Crippen LogP contribution in [0.2, 0.25) is 0 Å². The first-order chi connectivity index (χ1) is 8.55. The van der Waals surface area contributed by atoms with Crippen LogP contribution in [-0.4, -0.2) is 77.6 Å². The maximum atomic E-state index is 12.4. The molecule has 0 rings (SSSR count). The van der Waals surface area contributed by atoms with E-state index in [0.717, 1.165) is 6.54 Å². The van der Waals surface area contributed by atoms with Crippen LogP contribution in [0.5, 0.6) is 0 Å². The van der Waals surface area contributed by atoms with E-state index in [0.29, 0.717) is 6.54 Å². The highest BCUT2D eigenvalue weighted by molar-refractivity contribution is 5.85. The van der Waals surface area contributed by atoms with E-state index in [-0.39, 0.29) is 12.1 Å². The smallest absolute Gasteiger partial charge is 0.329 e. The van der Waals surface area contributed by atoms with Crippen molar-refractivity contribution in [2.75, 3.05) is 34.2 Å². The fourth-order valence-electron chi connectivity index (χ4n) is 1.84. The number of carbonyl (C=O) groups excluding carboxylic acids is 1. The minimum atomic E-state index is -1.22. The molecule has 19 heavy (non-hydrogen) atoms. The molecule has 0 saturated carbocycles. The minimum absolute atomic E-state index is 0.0274. The van der Waals surface area contributed by atoms with Gasteiger partial charge in [0.15, 0.2) is 0 Å². The van der Waals surface area contributed by atoms with Crippen molar-refractivity contribution in [3.8, 4) is 0 Å². The first-order valence-corrected chi connectivity index (χ1v) is 6.48. The SMILES string of the molecule is CCN(C(=O)N(C)C(C)(C)C(=O)O)C(C)CN(C)C. The van der Waals surface area contributed by atoms with Gasteiger partial charge >= 0.3 is 12.0 Å². The Bertz CT molecular complexity index is 329. The first kappa shape index (κ1) is 17.7. The molecule has 6 nitrogen and oxygen atoms in total. The van der Waals surface area contributed by atoms with Crippen LogP contribution in [0.4, 0.5) is 4.79 Å². The average molecular weight is 273 g/mol. The third-order valence-electron chi connectivity index (χ3n) is 3.40. The lowest BCUT2D eigenvalue weighted by atomic mass is 10.0. The van der Waals surface area contributed by atoms with E-state index in [1.165, 1.54) is 25.8 Å². The zero-order valence-corrected chi connectivity index (χ0v) is 13.1. The average Bonchev–Trinajstić information content (AvgIpc) is 2.27. The van der Waals surface area contributed by atoms with E-state index in [1.807, 2.05) is 32.8 Å². The van der Waals surface area contributed by atoms with Gasteiger partial charge in [0.05, 0.1) is 0 Å². The molecule has 1 atom stereocenters. The Kier molecular flexibility index (Phi) is 6.29. The zero-order chi connectivity index (χ0) is 15.4. The van der Waals surface area contributed by atoms with Crippen LogP contribution >= 0.6 is 0 Å². The lowest BCUT2D eigenvalue weighted by Gasteiger charge is -2.38. The summed E-state index contributed by atoms with van der Waals surface area (Å²) >= 11 is 0. The zero-order valence-electron chi connectivity index (χ0n) is 13.1. The highest BCUT2D eigenvalue weighted by atomic mass is 16.4. The number of likely N-dealkylation sites (N-methyl/N-ethyl adjacent to an activating group) is 3. The van der Waals surface area contributed by atoms with Crippen LogP contribution in [0, 0.1) is 0 Å². The molecule has 0 saturated heterocycles. The molecule has 0 aromatic heterocycles. The highest BCUT2D eigenvalue weighted by Gasteiger charge is 2.37. The lowest BCUT2D eigenvalue weighted by molar-refractivity contribution is -0.147. The van der Waals surface area contributed by atoms with Crippen molar-refractivity contribution in [3.63, 3.8) is 0 Å². The summed E-state index contributed by atoms with van der Waals surface area (Å²) in [5, 5.41) is 9.18. The number of amides is 2. The Labute approximate surface area is 116 Å². The van der Waals surface area contributed by atoms with E-state index in [1.54, 1.807) is 4.90 Å². The maximum Gasteiger partial charge on any atom is 0.329 e. The van der Waals surface area contributed by atoms with Crippen molar-refractivity contribution in [3.05, 3.63) is 0 Å². The van der Waals surface area contributed by atoms with Crippen molar-refractivity contribution >= 4 is 12.0 Å². The Morgan fingerprint density at radius 2 is 1.68 bits per heavy atom. The van der Waals surface area contributed by atoms with Crippen LogP contribution in [0.15, 0.2) is 0 Å². The number of aliphatic carboxylic acids is 1. The van der Waals surface area contributed by atoms with Crippen LogP contribution < -0.4 is 0 Å². The lowest BCUT2D eigenvalue weighted by Crippen LogP contribution is -2.57. The molecule has 0 aromatic carbocycles. The van der Waals surface area contributed by atoms with Gasteiger partial charge in [-0.25, -0.2) is 9.59 Å². The first-order valence-electron chi connectivity index (χ1n) is 6.48. The van der Waals surface area contributed by atoms with Gasteiger partial charge in [-0.3, -0.25) is 0 Å². The van der Waals surface area contributed by atoms with Crippen molar-refractivity contribution in [1.82, 2.24) is 14.7 Å². The molecule has 0 radical (unpaired) electrons. The van der Waals surface area contributed by atoms with Crippen LogP contribution in [0.3, 0.4) is 0 Å². The van der Waals surface area contributed by atoms with Gasteiger partial charge < -0.3 is 19.8 Å². The molecule has 0 fully saturated rings. The van der Waals surface area contributed by atoms with Crippen molar-refractivity contribution in [1.29, 1.82) is 0 Å². The summed E-state index contributed by atoms with van der Waals surface area (Å²) in [4.78, 5) is 28.6. The second kappa shape index (κ2) is 6.75. The number of rotatable bonds is 6. The number of carboxylic acid groups (broad SMARTS) is 1. The molecular formula is C13H27N3O3. The second-order valence-electron chi connectivity index (χ2n) is 5.60. The van der Waals surface area contributed by atoms with Crippen LogP contribution in [0.1, 0.15) is 27.7 Å². The van der Waals surface area contributed by atoms with E-state index < -0.39 is 11.5 Å². The fraction of sp³-hybridized carbons (Fsp3) is 0.846. The van der Waals surface area contributed by atoms with E-state index in [9.17, 15) is 14.7 Å². The standard InChI is InChI=1S/C13H27N3O3/c1-8-16(10(2)9-14(5)6)12(19)15(7)13(3,4)11(17)18/h10H,8-9H2,1-7H3,(H,17,18). The molecule has 112 valence electrons. The van der Waals surface area contributed by atoms with E-state index >= 15 is 0 Å². The normalized spacial score (nSPS) is 13.3. The van der Waals surface area contributed by atoms with Gasteiger partial charge in [-0.05, 0) is 41.8 Å². The molecule has 0 heterocycles. The summed E-state index contributed by atoms with van der Waals surface area (Å²) in [6, 6.07) is -0.233. The van der Waals surface area contributed by atoms with Crippen molar-refractivity contribution in [2.24, 2.45) is 0 Å². The second-order valence-corrected chi connectivity index (χ2v) is 5.60. The molecule has 0 spiro atoms. The van der Waals surface area contributed by atoms with Crippen LogP contribution in [-0.2, 0) is 4.79 Å². The monoisotopic (exact) mass is 273 g/mol. The number of carbonyl (C=O) groups is 2. The molecule has 0 aliphatic carbocycles. The Morgan fingerprint density at radius 3 is 2.00 bits per heavy atom. The summed E-state index contributed by atoms with van der Waals surface area (Å²) in [6.07, 6.45) is 0. The molecule has 1 unspecified atom stereocenters. The fourth-order valence-corrected chi connectivity index (χ4v) is 1.84. The van der Waals surface area contributed by atoms with Gasteiger partial charge in [0.25, 0.3) is 0 Å². The molecule has 0 bridgehead atoms. The third-order valence-corrected chi connectivity index (χ3v) is 3.40. The van der Waals surface area contributed by atoms with E-state index in [2.05, 4.69) is 0 Å². The maximum absolute atomic E-state index is 12.4. The van der Waals surface area contributed by atoms with Gasteiger partial charge in [-0.1, -0.05) is 0 Å². The molecule has 0 aliphatic rings. The van der Waals surface area contributed by atoms with Gasteiger partial charge in [0.2, 0.25) is 0 Å². The number of hydrogen-bond donors (Lipinski definition) is 1. The van der Waals surface area contributed by atoms with Crippen LogP contribution in [0.25, 0.3) is 0 Å². The molecule has 6 heteroatoms. The number of carboxylic acids is 1. The molecular weight excluding hydrogens is 246 g/mol. The number of nitrogens with zero attached hydrogens (tertiary/aromatic N) is 3. The van der Waals surface area contributed by atoms with Gasteiger partial charge in [0, 0.05) is 26.2 Å². The highest BCUT2D eigenvalue weighted by Crippen LogP contribution is 2.16. The number of urea groups is 1. The van der Waals surface area contributed by atoms with E-state index in [4.69, 9.17) is 0 Å².